The van der Waals surface area contributed by atoms with Crippen molar-refractivity contribution >= 4 is 23.2 Å². The highest BCUT2D eigenvalue weighted by Crippen LogP contribution is 2.27. The highest BCUT2D eigenvalue weighted by atomic mass is 35.5. The predicted octanol–water partition coefficient (Wildman–Crippen LogP) is 4.76. The summed E-state index contributed by atoms with van der Waals surface area (Å²) in [7, 11) is 0. The zero-order chi connectivity index (χ0) is 14.7. The monoisotopic (exact) mass is 319 g/mol. The third kappa shape index (κ3) is 3.79. The molecule has 0 amide bonds. The van der Waals surface area contributed by atoms with Crippen LogP contribution in [0.3, 0.4) is 0 Å². The average Bonchev–Trinajstić information content (AvgIpc) is 2.90. The Hall–Kier alpha value is -1.02. The van der Waals surface area contributed by atoms with Crippen LogP contribution in [0.2, 0.25) is 10.0 Å². The van der Waals surface area contributed by atoms with Gasteiger partial charge in [0.25, 0.3) is 0 Å². The van der Waals surface area contributed by atoms with E-state index in [0.29, 0.717) is 17.0 Å². The predicted molar refractivity (Wildman–Crippen MR) is 90.2 cm³/mol. The minimum absolute atomic E-state index is 0.490. The Kier molecular flexibility index (Phi) is 4.84. The number of rotatable bonds is 4. The van der Waals surface area contributed by atoms with Crippen LogP contribution in [-0.4, -0.2) is 12.6 Å². The summed E-state index contributed by atoms with van der Waals surface area (Å²) in [6.45, 7) is 1.09. The summed E-state index contributed by atoms with van der Waals surface area (Å²) >= 11 is 12.3. The number of hydrogen-bond donors (Lipinski definition) is 1. The van der Waals surface area contributed by atoms with Crippen molar-refractivity contribution in [1.29, 1.82) is 0 Å². The van der Waals surface area contributed by atoms with Gasteiger partial charge in [0, 0.05) is 16.1 Å². The fraction of sp³-hybridized carbons (Fsp3) is 0.333. The molecule has 2 unspecified atom stereocenters. The fourth-order valence-electron chi connectivity index (χ4n) is 3.15. The van der Waals surface area contributed by atoms with Gasteiger partial charge in [-0.05, 0) is 55.0 Å². The van der Waals surface area contributed by atoms with E-state index in [4.69, 9.17) is 23.2 Å². The normalized spacial score (nSPS) is 21.6. The van der Waals surface area contributed by atoms with E-state index in [2.05, 4.69) is 35.6 Å². The Morgan fingerprint density at radius 1 is 1.00 bits per heavy atom. The van der Waals surface area contributed by atoms with Crippen molar-refractivity contribution in [2.45, 2.75) is 25.3 Å². The number of hydrogen-bond acceptors (Lipinski definition) is 1. The minimum atomic E-state index is 0.490. The van der Waals surface area contributed by atoms with E-state index >= 15 is 0 Å². The molecule has 2 aromatic rings. The van der Waals surface area contributed by atoms with Crippen LogP contribution in [-0.2, 0) is 12.8 Å². The molecule has 0 aliphatic carbocycles. The molecule has 0 spiro atoms. The van der Waals surface area contributed by atoms with E-state index in [-0.39, 0.29) is 0 Å². The summed E-state index contributed by atoms with van der Waals surface area (Å²) in [5.41, 5.74) is 2.59. The zero-order valence-electron chi connectivity index (χ0n) is 11.9. The summed E-state index contributed by atoms with van der Waals surface area (Å²) < 4.78 is 0. The van der Waals surface area contributed by atoms with E-state index in [1.54, 1.807) is 0 Å². The number of nitrogens with one attached hydrogen (secondary N) is 1. The number of halogens is 2. The molecule has 0 bridgehead atoms. The SMILES string of the molecule is Clc1ccc(CC2NCCC2Cc2ccccc2)c(Cl)c1. The zero-order valence-corrected chi connectivity index (χ0v) is 13.4. The van der Waals surface area contributed by atoms with E-state index in [0.717, 1.165) is 24.4 Å². The molecule has 1 nitrogen and oxygen atoms in total. The van der Waals surface area contributed by atoms with Gasteiger partial charge in [0.1, 0.15) is 0 Å². The summed E-state index contributed by atoms with van der Waals surface area (Å²) in [6.07, 6.45) is 3.32. The lowest BCUT2D eigenvalue weighted by Crippen LogP contribution is -2.30. The van der Waals surface area contributed by atoms with Gasteiger partial charge in [0.15, 0.2) is 0 Å². The molecule has 0 radical (unpaired) electrons. The molecule has 3 rings (SSSR count). The van der Waals surface area contributed by atoms with E-state index in [1.807, 2.05) is 18.2 Å². The third-order valence-corrected chi connectivity index (χ3v) is 4.87. The standard InChI is InChI=1S/C18H19Cl2N/c19-16-7-6-14(17(20)12-16)11-18-15(8-9-21-18)10-13-4-2-1-3-5-13/h1-7,12,15,18,21H,8-11H2. The first-order valence-corrected chi connectivity index (χ1v) is 8.19. The summed E-state index contributed by atoms with van der Waals surface area (Å²) in [5, 5.41) is 5.10. The Bertz CT molecular complexity index is 597. The largest absolute Gasteiger partial charge is 0.313 e. The third-order valence-electron chi connectivity index (χ3n) is 4.29. The Labute approximate surface area is 136 Å². The lowest BCUT2D eigenvalue weighted by Gasteiger charge is -2.20. The van der Waals surface area contributed by atoms with Gasteiger partial charge in [-0.25, -0.2) is 0 Å². The van der Waals surface area contributed by atoms with Gasteiger partial charge < -0.3 is 5.32 Å². The smallest absolute Gasteiger partial charge is 0.0453 e. The van der Waals surface area contributed by atoms with Crippen LogP contribution in [0, 0.1) is 5.92 Å². The molecule has 1 saturated heterocycles. The van der Waals surface area contributed by atoms with Crippen molar-refractivity contribution in [3.63, 3.8) is 0 Å². The van der Waals surface area contributed by atoms with Gasteiger partial charge in [0.2, 0.25) is 0 Å². The van der Waals surface area contributed by atoms with Crippen molar-refractivity contribution in [1.82, 2.24) is 5.32 Å². The van der Waals surface area contributed by atoms with Crippen LogP contribution in [0.5, 0.6) is 0 Å². The van der Waals surface area contributed by atoms with Crippen LogP contribution < -0.4 is 5.32 Å². The Morgan fingerprint density at radius 3 is 2.57 bits per heavy atom. The van der Waals surface area contributed by atoms with E-state index < -0.39 is 0 Å². The van der Waals surface area contributed by atoms with Crippen LogP contribution in [0.15, 0.2) is 48.5 Å². The average molecular weight is 320 g/mol. The first-order chi connectivity index (χ1) is 10.2. The highest BCUT2D eigenvalue weighted by Gasteiger charge is 2.27. The molecule has 2 atom stereocenters. The molecule has 1 N–H and O–H groups in total. The molecular weight excluding hydrogens is 301 g/mol. The Balaban J connectivity index is 1.69. The maximum absolute atomic E-state index is 6.30. The molecule has 3 heteroatoms. The molecule has 21 heavy (non-hydrogen) atoms. The van der Waals surface area contributed by atoms with Crippen LogP contribution in [0.4, 0.5) is 0 Å². The Morgan fingerprint density at radius 2 is 1.81 bits per heavy atom. The lowest BCUT2D eigenvalue weighted by atomic mass is 9.89. The lowest BCUT2D eigenvalue weighted by molar-refractivity contribution is 0.442. The molecule has 1 aliphatic rings. The second-order valence-corrected chi connectivity index (χ2v) is 6.58. The van der Waals surface area contributed by atoms with Crippen molar-refractivity contribution in [2.75, 3.05) is 6.54 Å². The summed E-state index contributed by atoms with van der Waals surface area (Å²) in [5.74, 6) is 0.666. The minimum Gasteiger partial charge on any atom is -0.313 e. The van der Waals surface area contributed by atoms with Gasteiger partial charge >= 0.3 is 0 Å². The topological polar surface area (TPSA) is 12.0 Å². The quantitative estimate of drug-likeness (QED) is 0.857. The van der Waals surface area contributed by atoms with Gasteiger partial charge in [-0.2, -0.15) is 0 Å². The molecule has 1 aliphatic heterocycles. The molecule has 2 aromatic carbocycles. The number of benzene rings is 2. The molecular formula is C18H19Cl2N. The van der Waals surface area contributed by atoms with Crippen molar-refractivity contribution in [3.05, 3.63) is 69.7 Å². The first-order valence-electron chi connectivity index (χ1n) is 7.43. The molecule has 110 valence electrons. The van der Waals surface area contributed by atoms with Gasteiger partial charge in [-0.15, -0.1) is 0 Å². The fourth-order valence-corrected chi connectivity index (χ4v) is 3.63. The molecule has 1 fully saturated rings. The maximum Gasteiger partial charge on any atom is 0.0453 e. The van der Waals surface area contributed by atoms with Gasteiger partial charge in [-0.1, -0.05) is 59.6 Å². The van der Waals surface area contributed by atoms with Crippen LogP contribution >= 0.6 is 23.2 Å². The van der Waals surface area contributed by atoms with Crippen molar-refractivity contribution in [3.8, 4) is 0 Å². The molecule has 1 heterocycles. The van der Waals surface area contributed by atoms with E-state index in [9.17, 15) is 0 Å². The molecule has 0 aromatic heterocycles. The van der Waals surface area contributed by atoms with Crippen LogP contribution in [0.1, 0.15) is 17.5 Å². The first kappa shape index (κ1) is 14.9. The second-order valence-electron chi connectivity index (χ2n) is 5.74. The van der Waals surface area contributed by atoms with Gasteiger partial charge in [-0.3, -0.25) is 0 Å². The summed E-state index contributed by atoms with van der Waals surface area (Å²) in [4.78, 5) is 0. The van der Waals surface area contributed by atoms with Gasteiger partial charge in [0.05, 0.1) is 0 Å². The van der Waals surface area contributed by atoms with Crippen molar-refractivity contribution < 1.29 is 0 Å². The van der Waals surface area contributed by atoms with Crippen molar-refractivity contribution in [2.24, 2.45) is 5.92 Å². The van der Waals surface area contributed by atoms with Crippen LogP contribution in [0.25, 0.3) is 0 Å². The maximum atomic E-state index is 6.30. The highest BCUT2D eigenvalue weighted by molar-refractivity contribution is 6.35. The van der Waals surface area contributed by atoms with E-state index in [1.165, 1.54) is 17.5 Å². The second kappa shape index (κ2) is 6.83. The molecule has 0 saturated carbocycles. The summed E-state index contributed by atoms with van der Waals surface area (Å²) in [6, 6.07) is 17.0.